The molecule has 2 aliphatic heterocycles. The molecule has 1 fully saturated rings. The normalized spacial score (nSPS) is 18.6. The van der Waals surface area contributed by atoms with Gasteiger partial charge in [0.25, 0.3) is 0 Å². The highest BCUT2D eigenvalue weighted by molar-refractivity contribution is 5.78. The van der Waals surface area contributed by atoms with Gasteiger partial charge in [0.05, 0.1) is 19.1 Å². The van der Waals surface area contributed by atoms with Crippen LogP contribution in [0.25, 0.3) is 0 Å². The van der Waals surface area contributed by atoms with Gasteiger partial charge in [-0.2, -0.15) is 0 Å². The van der Waals surface area contributed by atoms with E-state index in [4.69, 9.17) is 14.2 Å². The second-order valence-electron chi connectivity index (χ2n) is 10.1. The van der Waals surface area contributed by atoms with Crippen LogP contribution in [0.4, 0.5) is 4.79 Å². The van der Waals surface area contributed by atoms with Crippen LogP contribution in [0.5, 0.6) is 0 Å². The number of benzene rings is 2. The Balaban J connectivity index is 1.26. The number of ether oxygens (including phenoxy) is 3. The number of hydrogen-bond donors (Lipinski definition) is 1. The van der Waals surface area contributed by atoms with Gasteiger partial charge in [0.15, 0.2) is 0 Å². The Hall–Kier alpha value is -3.43. The molecule has 2 unspecified atom stereocenters. The first-order valence-electron chi connectivity index (χ1n) is 13.8. The lowest BCUT2D eigenvalue weighted by Gasteiger charge is -2.41. The van der Waals surface area contributed by atoms with Crippen LogP contribution >= 0.6 is 0 Å². The minimum Gasteiger partial charge on any atom is -0.466 e. The highest BCUT2D eigenvalue weighted by atomic mass is 16.6. The van der Waals surface area contributed by atoms with Crippen molar-refractivity contribution in [2.24, 2.45) is 0 Å². The first-order valence-corrected chi connectivity index (χ1v) is 13.8. The number of nitrogens with zero attached hydrogens (tertiary/aromatic N) is 2. The number of likely N-dealkylation sites (tertiary alicyclic amines) is 1. The lowest BCUT2D eigenvalue weighted by Crippen LogP contribution is -2.50. The molecule has 0 bridgehead atoms. The smallest absolute Gasteiger partial charge is 0.410 e. The Bertz CT molecular complexity index is 1100. The summed E-state index contributed by atoms with van der Waals surface area (Å²) >= 11 is 0. The fraction of sp³-hybridized carbons (Fsp3) is 0.500. The summed E-state index contributed by atoms with van der Waals surface area (Å²) in [6.45, 7) is 6.08. The van der Waals surface area contributed by atoms with Crippen molar-refractivity contribution in [1.82, 2.24) is 15.1 Å². The molecule has 0 aromatic heterocycles. The second kappa shape index (κ2) is 14.1. The summed E-state index contributed by atoms with van der Waals surface area (Å²) in [6.07, 6.45) is 1.60. The monoisotopic (exact) mass is 537 g/mol. The van der Waals surface area contributed by atoms with E-state index in [1.807, 2.05) is 55.5 Å². The van der Waals surface area contributed by atoms with Crippen LogP contribution in [0.3, 0.4) is 0 Å². The van der Waals surface area contributed by atoms with Gasteiger partial charge in [0.2, 0.25) is 5.91 Å². The molecule has 1 saturated heterocycles. The van der Waals surface area contributed by atoms with Crippen molar-refractivity contribution in [3.63, 3.8) is 0 Å². The SMILES string of the molecule is CCOC(=O)CC(C)N1CCc2ccccc2C1NC(=O)COC1CCN(C(=O)OCc2ccccc2)CC1. The van der Waals surface area contributed by atoms with Gasteiger partial charge in [-0.25, -0.2) is 4.79 Å². The maximum atomic E-state index is 13.0. The Morgan fingerprint density at radius 3 is 2.44 bits per heavy atom. The van der Waals surface area contributed by atoms with Crippen LogP contribution in [-0.2, 0) is 36.8 Å². The molecule has 2 aromatic rings. The number of carbonyl (C=O) groups is 3. The predicted octanol–water partition coefficient (Wildman–Crippen LogP) is 3.82. The molecule has 39 heavy (non-hydrogen) atoms. The Labute approximate surface area is 230 Å². The average Bonchev–Trinajstić information content (AvgIpc) is 2.96. The van der Waals surface area contributed by atoms with Crippen LogP contribution < -0.4 is 5.32 Å². The zero-order valence-electron chi connectivity index (χ0n) is 22.8. The van der Waals surface area contributed by atoms with Crippen LogP contribution in [-0.4, -0.2) is 72.8 Å². The Kier molecular flexibility index (Phi) is 10.3. The van der Waals surface area contributed by atoms with Crippen molar-refractivity contribution < 1.29 is 28.6 Å². The number of carbonyl (C=O) groups excluding carboxylic acids is 3. The quantitative estimate of drug-likeness (QED) is 0.460. The van der Waals surface area contributed by atoms with Gasteiger partial charge in [-0.3, -0.25) is 14.5 Å². The van der Waals surface area contributed by atoms with Gasteiger partial charge in [-0.1, -0.05) is 54.6 Å². The summed E-state index contributed by atoms with van der Waals surface area (Å²) in [5.41, 5.74) is 3.18. The number of fused-ring (bicyclic) bond motifs is 1. The maximum Gasteiger partial charge on any atom is 0.410 e. The third-order valence-electron chi connectivity index (χ3n) is 7.31. The topological polar surface area (TPSA) is 97.4 Å². The molecule has 9 nitrogen and oxygen atoms in total. The van der Waals surface area contributed by atoms with Gasteiger partial charge in [-0.15, -0.1) is 0 Å². The van der Waals surface area contributed by atoms with Crippen molar-refractivity contribution in [2.45, 2.75) is 64.4 Å². The minimum atomic E-state index is -0.350. The maximum absolute atomic E-state index is 13.0. The standard InChI is InChI=1S/C30H39N3O6/c1-3-37-28(35)19-22(2)33-18-13-24-11-7-8-12-26(24)29(33)31-27(34)21-38-25-14-16-32(17-15-25)30(36)39-20-23-9-5-4-6-10-23/h4-12,22,25,29H,3,13-21H2,1-2H3,(H,31,34). The molecular weight excluding hydrogens is 498 g/mol. The van der Waals surface area contributed by atoms with E-state index in [2.05, 4.69) is 16.3 Å². The summed E-state index contributed by atoms with van der Waals surface area (Å²) in [4.78, 5) is 41.4. The largest absolute Gasteiger partial charge is 0.466 e. The van der Waals surface area contributed by atoms with Crippen molar-refractivity contribution >= 4 is 18.0 Å². The van der Waals surface area contributed by atoms with Crippen LogP contribution in [0, 0.1) is 0 Å². The summed E-state index contributed by atoms with van der Waals surface area (Å²) < 4.78 is 16.5. The fourth-order valence-electron chi connectivity index (χ4n) is 5.20. The first kappa shape index (κ1) is 28.6. The van der Waals surface area contributed by atoms with E-state index in [0.717, 1.165) is 24.1 Å². The van der Waals surface area contributed by atoms with E-state index in [9.17, 15) is 14.4 Å². The number of esters is 1. The summed E-state index contributed by atoms with van der Waals surface area (Å²) in [7, 11) is 0. The summed E-state index contributed by atoms with van der Waals surface area (Å²) in [5.74, 6) is -0.456. The lowest BCUT2D eigenvalue weighted by molar-refractivity contribution is -0.144. The van der Waals surface area contributed by atoms with Crippen LogP contribution in [0.1, 0.15) is 56.0 Å². The third kappa shape index (κ3) is 8.03. The Morgan fingerprint density at radius 1 is 0.974 bits per heavy atom. The van der Waals surface area contributed by atoms with E-state index in [0.29, 0.717) is 32.5 Å². The van der Waals surface area contributed by atoms with Crippen molar-refractivity contribution in [3.05, 3.63) is 71.3 Å². The lowest BCUT2D eigenvalue weighted by atomic mass is 9.95. The number of piperidine rings is 1. The van der Waals surface area contributed by atoms with Gasteiger partial charge in [0, 0.05) is 25.7 Å². The molecule has 0 radical (unpaired) electrons. The van der Waals surface area contributed by atoms with Gasteiger partial charge < -0.3 is 24.4 Å². The second-order valence-corrected chi connectivity index (χ2v) is 10.1. The molecular formula is C30H39N3O6. The van der Waals surface area contributed by atoms with Crippen LogP contribution in [0.15, 0.2) is 54.6 Å². The van der Waals surface area contributed by atoms with Crippen LogP contribution in [0.2, 0.25) is 0 Å². The van der Waals surface area contributed by atoms with Crippen molar-refractivity contribution in [1.29, 1.82) is 0 Å². The fourth-order valence-corrected chi connectivity index (χ4v) is 5.20. The zero-order valence-corrected chi connectivity index (χ0v) is 22.8. The average molecular weight is 538 g/mol. The van der Waals surface area contributed by atoms with Crippen molar-refractivity contribution in [3.8, 4) is 0 Å². The summed E-state index contributed by atoms with van der Waals surface area (Å²) in [5, 5.41) is 3.14. The zero-order chi connectivity index (χ0) is 27.6. The van der Waals surface area contributed by atoms with Gasteiger partial charge >= 0.3 is 12.1 Å². The molecule has 2 heterocycles. The molecule has 2 atom stereocenters. The predicted molar refractivity (Wildman–Crippen MR) is 146 cm³/mol. The third-order valence-corrected chi connectivity index (χ3v) is 7.31. The van der Waals surface area contributed by atoms with E-state index >= 15 is 0 Å². The molecule has 0 saturated carbocycles. The highest BCUT2D eigenvalue weighted by Gasteiger charge is 2.33. The van der Waals surface area contributed by atoms with Crippen molar-refractivity contribution in [2.75, 3.05) is 32.8 Å². The number of nitrogens with one attached hydrogen (secondary N) is 1. The van der Waals surface area contributed by atoms with Gasteiger partial charge in [-0.05, 0) is 49.8 Å². The van der Waals surface area contributed by atoms with E-state index in [1.165, 1.54) is 5.56 Å². The number of amides is 2. The van der Waals surface area contributed by atoms with Gasteiger partial charge in [0.1, 0.15) is 19.4 Å². The molecule has 2 amide bonds. The molecule has 210 valence electrons. The van der Waals surface area contributed by atoms with E-state index in [1.54, 1.807) is 11.8 Å². The minimum absolute atomic E-state index is 0.0676. The van der Waals surface area contributed by atoms with E-state index in [-0.39, 0.29) is 55.9 Å². The molecule has 2 aromatic carbocycles. The molecule has 4 rings (SSSR count). The first-order chi connectivity index (χ1) is 18.9. The molecule has 2 aliphatic rings. The molecule has 9 heteroatoms. The highest BCUT2D eigenvalue weighted by Crippen LogP contribution is 2.30. The molecule has 0 spiro atoms. The molecule has 1 N–H and O–H groups in total. The number of rotatable bonds is 10. The van der Waals surface area contributed by atoms with E-state index < -0.39 is 0 Å². The Morgan fingerprint density at radius 2 is 1.69 bits per heavy atom. The molecule has 0 aliphatic carbocycles. The summed E-state index contributed by atoms with van der Waals surface area (Å²) in [6, 6.07) is 17.6. The number of hydrogen-bond acceptors (Lipinski definition) is 7.